The van der Waals surface area contributed by atoms with Gasteiger partial charge in [0.25, 0.3) is 15.9 Å². The van der Waals surface area contributed by atoms with Crippen molar-refractivity contribution in [1.82, 2.24) is 4.90 Å². The Morgan fingerprint density at radius 3 is 2.42 bits per heavy atom. The van der Waals surface area contributed by atoms with Gasteiger partial charge in [-0.05, 0) is 43.2 Å². The molecule has 2 aromatic carbocycles. The SMILES string of the molecule is NC1CCN(C(=O)c2cc(Cl)ccc2NS(=O)(=O)c2ccccc2)CC1. The molecule has 8 heteroatoms. The molecule has 3 N–H and O–H groups in total. The lowest BCUT2D eigenvalue weighted by Gasteiger charge is -2.30. The van der Waals surface area contributed by atoms with E-state index in [1.165, 1.54) is 24.3 Å². The van der Waals surface area contributed by atoms with Gasteiger partial charge in [-0.2, -0.15) is 0 Å². The van der Waals surface area contributed by atoms with Crippen molar-refractivity contribution in [3.8, 4) is 0 Å². The Labute approximate surface area is 158 Å². The predicted molar refractivity (Wildman–Crippen MR) is 102 cm³/mol. The quantitative estimate of drug-likeness (QED) is 0.835. The van der Waals surface area contributed by atoms with Gasteiger partial charge in [0, 0.05) is 24.2 Å². The highest BCUT2D eigenvalue weighted by atomic mass is 35.5. The number of nitrogens with zero attached hydrogens (tertiary/aromatic N) is 1. The summed E-state index contributed by atoms with van der Waals surface area (Å²) < 4.78 is 27.7. The van der Waals surface area contributed by atoms with Crippen molar-refractivity contribution in [2.45, 2.75) is 23.8 Å². The fourth-order valence-electron chi connectivity index (χ4n) is 2.86. The van der Waals surface area contributed by atoms with Gasteiger partial charge in [0.15, 0.2) is 0 Å². The summed E-state index contributed by atoms with van der Waals surface area (Å²) in [7, 11) is -3.81. The molecule has 0 radical (unpaired) electrons. The van der Waals surface area contributed by atoms with Gasteiger partial charge in [0.1, 0.15) is 0 Å². The number of anilines is 1. The normalized spacial score (nSPS) is 15.7. The summed E-state index contributed by atoms with van der Waals surface area (Å²) in [4.78, 5) is 14.7. The molecule has 0 aromatic heterocycles. The Morgan fingerprint density at radius 1 is 1.12 bits per heavy atom. The number of nitrogens with one attached hydrogen (secondary N) is 1. The van der Waals surface area contributed by atoms with Gasteiger partial charge in [-0.25, -0.2) is 8.42 Å². The number of carbonyl (C=O) groups excluding carboxylic acids is 1. The summed E-state index contributed by atoms with van der Waals surface area (Å²) in [5.74, 6) is -0.259. The average Bonchev–Trinajstić information content (AvgIpc) is 2.64. The molecule has 1 fully saturated rings. The first-order chi connectivity index (χ1) is 12.4. The van der Waals surface area contributed by atoms with Crippen molar-refractivity contribution in [2.24, 2.45) is 5.73 Å². The molecule has 6 nitrogen and oxygen atoms in total. The molecule has 3 rings (SSSR count). The van der Waals surface area contributed by atoms with Gasteiger partial charge in [-0.3, -0.25) is 9.52 Å². The Balaban J connectivity index is 1.90. The molecular weight excluding hydrogens is 374 g/mol. The molecule has 0 saturated carbocycles. The largest absolute Gasteiger partial charge is 0.338 e. The maximum absolute atomic E-state index is 12.9. The minimum atomic E-state index is -3.81. The first-order valence-electron chi connectivity index (χ1n) is 8.29. The molecular formula is C18H20ClN3O3S. The number of likely N-dealkylation sites (tertiary alicyclic amines) is 1. The third kappa shape index (κ3) is 4.17. The number of nitrogens with two attached hydrogens (primary N) is 1. The lowest BCUT2D eigenvalue weighted by molar-refractivity contribution is 0.0716. The van der Waals surface area contributed by atoms with Crippen molar-refractivity contribution < 1.29 is 13.2 Å². The van der Waals surface area contributed by atoms with E-state index in [2.05, 4.69) is 4.72 Å². The van der Waals surface area contributed by atoms with E-state index >= 15 is 0 Å². The van der Waals surface area contributed by atoms with Crippen LogP contribution in [0.3, 0.4) is 0 Å². The second-order valence-electron chi connectivity index (χ2n) is 6.24. The number of halogens is 1. The van der Waals surface area contributed by atoms with Crippen LogP contribution in [0.4, 0.5) is 5.69 Å². The minimum Gasteiger partial charge on any atom is -0.338 e. The van der Waals surface area contributed by atoms with Gasteiger partial charge in [-0.15, -0.1) is 0 Å². The maximum atomic E-state index is 12.9. The molecule has 0 bridgehead atoms. The van der Waals surface area contributed by atoms with Crippen LogP contribution in [0, 0.1) is 0 Å². The fraction of sp³-hybridized carbons (Fsp3) is 0.278. The van der Waals surface area contributed by atoms with Gasteiger partial charge < -0.3 is 10.6 Å². The number of piperidine rings is 1. The summed E-state index contributed by atoms with van der Waals surface area (Å²) in [5, 5.41) is 0.365. The number of amides is 1. The summed E-state index contributed by atoms with van der Waals surface area (Å²) in [5.41, 5.74) is 6.32. The molecule has 0 atom stereocenters. The smallest absolute Gasteiger partial charge is 0.261 e. The monoisotopic (exact) mass is 393 g/mol. The molecule has 1 heterocycles. The zero-order valence-corrected chi connectivity index (χ0v) is 15.6. The zero-order valence-electron chi connectivity index (χ0n) is 14.1. The van der Waals surface area contributed by atoms with Crippen LogP contribution in [0.15, 0.2) is 53.4 Å². The van der Waals surface area contributed by atoms with E-state index in [9.17, 15) is 13.2 Å². The first-order valence-corrected chi connectivity index (χ1v) is 10.2. The van der Waals surface area contributed by atoms with E-state index in [0.29, 0.717) is 18.1 Å². The average molecular weight is 394 g/mol. The molecule has 1 aliphatic rings. The van der Waals surface area contributed by atoms with Crippen LogP contribution in [0.2, 0.25) is 5.02 Å². The highest BCUT2D eigenvalue weighted by molar-refractivity contribution is 7.92. The molecule has 2 aromatic rings. The predicted octanol–water partition coefficient (Wildman–Crippen LogP) is 2.70. The Hall–Kier alpha value is -2.09. The number of sulfonamides is 1. The van der Waals surface area contributed by atoms with Crippen LogP contribution in [-0.2, 0) is 10.0 Å². The third-order valence-electron chi connectivity index (χ3n) is 4.34. The van der Waals surface area contributed by atoms with Crippen LogP contribution >= 0.6 is 11.6 Å². The van der Waals surface area contributed by atoms with Gasteiger partial charge in [0.05, 0.1) is 16.1 Å². The lowest BCUT2D eigenvalue weighted by Crippen LogP contribution is -2.43. The minimum absolute atomic E-state index is 0.0921. The van der Waals surface area contributed by atoms with Gasteiger partial charge in [0.2, 0.25) is 0 Å². The standard InChI is InChI=1S/C18H20ClN3O3S/c19-13-6-7-17(21-26(24,25)15-4-2-1-3-5-15)16(12-13)18(23)22-10-8-14(20)9-11-22/h1-7,12,14,21H,8-11,20H2. The molecule has 0 unspecified atom stereocenters. The Morgan fingerprint density at radius 2 is 1.77 bits per heavy atom. The van der Waals surface area contributed by atoms with Crippen LogP contribution < -0.4 is 10.5 Å². The molecule has 138 valence electrons. The van der Waals surface area contributed by atoms with Crippen molar-refractivity contribution >= 4 is 33.2 Å². The number of rotatable bonds is 4. The fourth-order valence-corrected chi connectivity index (χ4v) is 4.13. The van der Waals surface area contributed by atoms with E-state index in [-0.39, 0.29) is 28.1 Å². The zero-order chi connectivity index (χ0) is 18.7. The number of benzene rings is 2. The highest BCUT2D eigenvalue weighted by Gasteiger charge is 2.25. The van der Waals surface area contributed by atoms with Crippen LogP contribution in [0.1, 0.15) is 23.2 Å². The topological polar surface area (TPSA) is 92.5 Å². The summed E-state index contributed by atoms with van der Waals surface area (Å²) >= 11 is 6.04. The van der Waals surface area contributed by atoms with Crippen molar-refractivity contribution in [3.05, 3.63) is 59.1 Å². The van der Waals surface area contributed by atoms with Crippen LogP contribution in [0.5, 0.6) is 0 Å². The molecule has 26 heavy (non-hydrogen) atoms. The maximum Gasteiger partial charge on any atom is 0.261 e. The Kier molecular flexibility index (Phi) is 5.50. The van der Waals surface area contributed by atoms with Crippen molar-refractivity contribution in [3.63, 3.8) is 0 Å². The highest BCUT2D eigenvalue weighted by Crippen LogP contribution is 2.26. The van der Waals surface area contributed by atoms with E-state index in [1.807, 2.05) is 0 Å². The van der Waals surface area contributed by atoms with Crippen LogP contribution in [-0.4, -0.2) is 38.4 Å². The third-order valence-corrected chi connectivity index (χ3v) is 5.95. The van der Waals surface area contributed by atoms with E-state index in [0.717, 1.165) is 12.8 Å². The number of hydrogen-bond acceptors (Lipinski definition) is 4. The Bertz CT molecular complexity index is 895. The van der Waals surface area contributed by atoms with Crippen LogP contribution in [0.25, 0.3) is 0 Å². The van der Waals surface area contributed by atoms with E-state index < -0.39 is 10.0 Å². The van der Waals surface area contributed by atoms with Crippen molar-refractivity contribution in [2.75, 3.05) is 17.8 Å². The van der Waals surface area contributed by atoms with Gasteiger partial charge >= 0.3 is 0 Å². The molecule has 1 aliphatic heterocycles. The molecule has 1 amide bonds. The second-order valence-corrected chi connectivity index (χ2v) is 8.36. The van der Waals surface area contributed by atoms with E-state index in [4.69, 9.17) is 17.3 Å². The first kappa shape index (κ1) is 18.7. The summed E-state index contributed by atoms with van der Waals surface area (Å²) in [6.45, 7) is 1.08. The number of carbonyl (C=O) groups is 1. The lowest BCUT2D eigenvalue weighted by atomic mass is 10.0. The van der Waals surface area contributed by atoms with E-state index in [1.54, 1.807) is 29.2 Å². The molecule has 0 spiro atoms. The second kappa shape index (κ2) is 7.65. The molecule has 1 saturated heterocycles. The summed E-state index contributed by atoms with van der Waals surface area (Å²) in [6, 6.07) is 12.6. The molecule has 0 aliphatic carbocycles. The number of hydrogen-bond donors (Lipinski definition) is 2. The van der Waals surface area contributed by atoms with Gasteiger partial charge in [-0.1, -0.05) is 29.8 Å². The summed E-state index contributed by atoms with van der Waals surface area (Å²) in [6.07, 6.45) is 1.44. The van der Waals surface area contributed by atoms with Crippen molar-refractivity contribution in [1.29, 1.82) is 0 Å².